The van der Waals surface area contributed by atoms with E-state index in [2.05, 4.69) is 0 Å². The second-order valence-corrected chi connectivity index (χ2v) is 3.60. The van der Waals surface area contributed by atoms with Gasteiger partial charge in [0.25, 0.3) is 0 Å². The molecule has 10 heavy (non-hydrogen) atoms. The molecule has 1 unspecified atom stereocenters. The Morgan fingerprint density at radius 1 is 1.40 bits per heavy atom. The smallest absolute Gasteiger partial charge is 0.746 e. The van der Waals surface area contributed by atoms with Gasteiger partial charge in [0.05, 0.1) is 0 Å². The molecule has 56 valence electrons. The van der Waals surface area contributed by atoms with Crippen LogP contribution in [-0.4, -0.2) is 23.5 Å². The number of aliphatic hydroxyl groups is 1. The Morgan fingerprint density at radius 2 is 1.70 bits per heavy atom. The van der Waals surface area contributed by atoms with Crippen LogP contribution >= 0.6 is 0 Å². The van der Waals surface area contributed by atoms with Crippen molar-refractivity contribution in [1.29, 1.82) is 0 Å². The maximum Gasteiger partial charge on any atom is 1.00 e. The summed E-state index contributed by atoms with van der Waals surface area (Å²) in [5.74, 6) is -0.535. The Kier molecular flexibility index (Phi) is 6.31. The molecule has 0 saturated carbocycles. The van der Waals surface area contributed by atoms with E-state index in [0.29, 0.717) is 0 Å². The van der Waals surface area contributed by atoms with Gasteiger partial charge in [-0.1, -0.05) is 13.8 Å². The number of aliphatic hydroxyl groups excluding tert-OH is 1. The molecule has 0 aromatic rings. The summed E-state index contributed by atoms with van der Waals surface area (Å²) in [4.78, 5) is 0. The number of hydrogen-bond donors (Lipinski definition) is 1. The normalized spacial score (nSPS) is 14.5. The maximum atomic E-state index is 9.97. The third-order valence-electron chi connectivity index (χ3n) is 0.866. The first kappa shape index (κ1) is 13.5. The summed E-state index contributed by atoms with van der Waals surface area (Å²) < 4.78 is 29.9. The van der Waals surface area contributed by atoms with E-state index in [1.54, 1.807) is 0 Å². The summed E-state index contributed by atoms with van der Waals surface area (Å²) in [5.41, 5.74) is -1.77. The van der Waals surface area contributed by atoms with E-state index in [9.17, 15) is 13.0 Å². The summed E-state index contributed by atoms with van der Waals surface area (Å²) in [6.07, 6.45) is 0. The molecule has 0 saturated heterocycles. The molecular formula is C4H9NaO4S. The van der Waals surface area contributed by atoms with Gasteiger partial charge in [0.1, 0.15) is 15.6 Å². The molecule has 0 aromatic carbocycles. The van der Waals surface area contributed by atoms with Crippen molar-refractivity contribution in [3.05, 3.63) is 0 Å². The molecule has 0 aliphatic carbocycles. The monoisotopic (exact) mass is 176 g/mol. The third kappa shape index (κ3) is 4.65. The van der Waals surface area contributed by atoms with Crippen LogP contribution in [0, 0.1) is 5.92 Å². The van der Waals surface area contributed by atoms with Crippen molar-refractivity contribution in [2.45, 2.75) is 19.3 Å². The SMILES string of the molecule is CC(C)C(O)S(=O)(=O)[O-].[Na+]. The van der Waals surface area contributed by atoms with Crippen molar-refractivity contribution < 1.29 is 47.6 Å². The van der Waals surface area contributed by atoms with E-state index in [-0.39, 0.29) is 29.6 Å². The van der Waals surface area contributed by atoms with E-state index in [4.69, 9.17) is 5.11 Å². The van der Waals surface area contributed by atoms with Crippen LogP contribution in [0.25, 0.3) is 0 Å². The van der Waals surface area contributed by atoms with Crippen LogP contribution in [0.15, 0.2) is 0 Å². The van der Waals surface area contributed by atoms with Crippen LogP contribution in [-0.2, 0) is 10.1 Å². The second kappa shape index (κ2) is 4.69. The molecule has 0 radical (unpaired) electrons. The van der Waals surface area contributed by atoms with Gasteiger partial charge >= 0.3 is 29.6 Å². The quantitative estimate of drug-likeness (QED) is 0.350. The van der Waals surface area contributed by atoms with Gasteiger partial charge in [0.2, 0.25) is 0 Å². The van der Waals surface area contributed by atoms with E-state index in [1.165, 1.54) is 13.8 Å². The van der Waals surface area contributed by atoms with Crippen LogP contribution in [0.1, 0.15) is 13.8 Å². The average molecular weight is 176 g/mol. The van der Waals surface area contributed by atoms with Crippen molar-refractivity contribution in [2.75, 3.05) is 0 Å². The summed E-state index contributed by atoms with van der Waals surface area (Å²) in [6, 6.07) is 0. The molecule has 0 amide bonds. The molecular weight excluding hydrogens is 167 g/mol. The van der Waals surface area contributed by atoms with E-state index in [0.717, 1.165) is 0 Å². The zero-order valence-electron chi connectivity index (χ0n) is 6.23. The predicted octanol–water partition coefficient (Wildman–Crippen LogP) is -3.49. The first-order valence-corrected chi connectivity index (χ1v) is 3.95. The minimum Gasteiger partial charge on any atom is -0.746 e. The maximum absolute atomic E-state index is 9.97. The van der Waals surface area contributed by atoms with Crippen molar-refractivity contribution in [3.63, 3.8) is 0 Å². The number of hydrogen-bond acceptors (Lipinski definition) is 4. The first-order chi connectivity index (χ1) is 3.85. The Hall–Kier alpha value is 0.870. The Morgan fingerprint density at radius 3 is 1.70 bits per heavy atom. The van der Waals surface area contributed by atoms with Gasteiger partial charge in [-0.25, -0.2) is 8.42 Å². The standard InChI is InChI=1S/C4H10O4S.Na/c1-3(2)4(5)9(6,7)8;/h3-5H,1-2H3,(H,6,7,8);/q;+1/p-1. The van der Waals surface area contributed by atoms with Crippen molar-refractivity contribution in [3.8, 4) is 0 Å². The molecule has 0 rings (SSSR count). The van der Waals surface area contributed by atoms with Gasteiger partial charge in [0.15, 0.2) is 0 Å². The van der Waals surface area contributed by atoms with Crippen molar-refractivity contribution in [2.24, 2.45) is 5.92 Å². The van der Waals surface area contributed by atoms with E-state index < -0.39 is 21.5 Å². The van der Waals surface area contributed by atoms with Gasteiger partial charge in [-0.05, 0) is 5.92 Å². The van der Waals surface area contributed by atoms with Crippen LogP contribution in [0.2, 0.25) is 0 Å². The minimum absolute atomic E-state index is 0. The molecule has 0 bridgehead atoms. The van der Waals surface area contributed by atoms with Gasteiger partial charge in [-0.2, -0.15) is 0 Å². The Bertz CT molecular complexity index is 174. The third-order valence-corrected chi connectivity index (χ3v) is 2.00. The van der Waals surface area contributed by atoms with Gasteiger partial charge in [0, 0.05) is 0 Å². The van der Waals surface area contributed by atoms with E-state index >= 15 is 0 Å². The second-order valence-electron chi connectivity index (χ2n) is 2.13. The largest absolute Gasteiger partial charge is 1.00 e. The Labute approximate surface area is 82.7 Å². The molecule has 0 aliphatic rings. The van der Waals surface area contributed by atoms with E-state index in [1.807, 2.05) is 0 Å². The molecule has 0 heterocycles. The molecule has 1 N–H and O–H groups in total. The zero-order chi connectivity index (χ0) is 7.65. The average Bonchev–Trinajstić information content (AvgIpc) is 1.62. The fraction of sp³-hybridized carbons (Fsp3) is 1.00. The fourth-order valence-corrected chi connectivity index (χ4v) is 1.00. The summed E-state index contributed by atoms with van der Waals surface area (Å²) in [7, 11) is -4.50. The topological polar surface area (TPSA) is 77.4 Å². The number of rotatable bonds is 2. The summed E-state index contributed by atoms with van der Waals surface area (Å²) in [6.45, 7) is 2.92. The molecule has 0 fully saturated rings. The molecule has 6 heteroatoms. The fourth-order valence-electron chi connectivity index (χ4n) is 0.333. The molecule has 1 atom stereocenters. The molecule has 0 aliphatic heterocycles. The van der Waals surface area contributed by atoms with Crippen molar-refractivity contribution >= 4 is 10.1 Å². The minimum atomic E-state index is -4.50. The first-order valence-electron chi connectivity index (χ1n) is 2.48. The zero-order valence-corrected chi connectivity index (χ0v) is 9.05. The predicted molar refractivity (Wildman–Crippen MR) is 30.5 cm³/mol. The van der Waals surface area contributed by atoms with Crippen LogP contribution < -0.4 is 29.6 Å². The Balaban J connectivity index is 0. The van der Waals surface area contributed by atoms with Gasteiger partial charge in [-0.15, -0.1) is 0 Å². The molecule has 4 nitrogen and oxygen atoms in total. The molecule has 0 aromatic heterocycles. The van der Waals surface area contributed by atoms with Gasteiger partial charge < -0.3 is 9.66 Å². The van der Waals surface area contributed by atoms with Crippen LogP contribution in [0.5, 0.6) is 0 Å². The van der Waals surface area contributed by atoms with Crippen molar-refractivity contribution in [1.82, 2.24) is 0 Å². The summed E-state index contributed by atoms with van der Waals surface area (Å²) in [5, 5.41) is 8.56. The summed E-state index contributed by atoms with van der Waals surface area (Å²) >= 11 is 0. The van der Waals surface area contributed by atoms with Crippen LogP contribution in [0.4, 0.5) is 0 Å². The van der Waals surface area contributed by atoms with Crippen LogP contribution in [0.3, 0.4) is 0 Å². The van der Waals surface area contributed by atoms with Gasteiger partial charge in [-0.3, -0.25) is 0 Å². The molecule has 0 spiro atoms.